The van der Waals surface area contributed by atoms with Gasteiger partial charge in [-0.2, -0.15) is 0 Å². The van der Waals surface area contributed by atoms with E-state index in [2.05, 4.69) is 38.9 Å². The lowest BCUT2D eigenvalue weighted by Crippen LogP contribution is -2.48. The molecule has 1 atom stereocenters. The summed E-state index contributed by atoms with van der Waals surface area (Å²) in [5.74, 6) is 2.20. The van der Waals surface area contributed by atoms with E-state index in [1.807, 2.05) is 6.07 Å². The summed E-state index contributed by atoms with van der Waals surface area (Å²) < 4.78 is 5.44. The third-order valence-corrected chi connectivity index (χ3v) is 6.91. The third kappa shape index (κ3) is 6.08. The van der Waals surface area contributed by atoms with Gasteiger partial charge in [-0.1, -0.05) is 17.3 Å². The SMILES string of the molecule is C/C=C\CN1CCN(CC2CCN(c3cc(CC(=O)N4CCC(O)C4)on3)CC2)CC1. The van der Waals surface area contributed by atoms with Crippen LogP contribution in [0.5, 0.6) is 0 Å². The highest BCUT2D eigenvalue weighted by Gasteiger charge is 2.27. The maximum Gasteiger partial charge on any atom is 0.230 e. The molecule has 1 N–H and O–H groups in total. The number of carbonyl (C=O) groups is 1. The first-order valence-corrected chi connectivity index (χ1v) is 11.8. The first-order chi connectivity index (χ1) is 15.1. The van der Waals surface area contributed by atoms with Gasteiger partial charge in [0.05, 0.1) is 12.5 Å². The second-order valence-corrected chi connectivity index (χ2v) is 9.21. The smallest absolute Gasteiger partial charge is 0.230 e. The number of piperazine rings is 1. The predicted molar refractivity (Wildman–Crippen MR) is 120 cm³/mol. The summed E-state index contributed by atoms with van der Waals surface area (Å²) in [6.45, 7) is 12.1. The van der Waals surface area contributed by atoms with Crippen LogP contribution in [0.3, 0.4) is 0 Å². The summed E-state index contributed by atoms with van der Waals surface area (Å²) in [6, 6.07) is 1.91. The lowest BCUT2D eigenvalue weighted by Gasteiger charge is -2.38. The van der Waals surface area contributed by atoms with Crippen LogP contribution in [0.15, 0.2) is 22.7 Å². The summed E-state index contributed by atoms with van der Waals surface area (Å²) in [5.41, 5.74) is 0. The van der Waals surface area contributed by atoms with Crippen LogP contribution in [0.25, 0.3) is 0 Å². The second-order valence-electron chi connectivity index (χ2n) is 9.21. The predicted octanol–water partition coefficient (Wildman–Crippen LogP) is 1.22. The van der Waals surface area contributed by atoms with Gasteiger partial charge < -0.3 is 24.3 Å². The number of nitrogens with zero attached hydrogens (tertiary/aromatic N) is 5. The van der Waals surface area contributed by atoms with Crippen molar-refractivity contribution in [2.24, 2.45) is 5.92 Å². The normalized spacial score (nSPS) is 24.5. The monoisotopic (exact) mass is 431 g/mol. The van der Waals surface area contributed by atoms with Gasteiger partial charge >= 0.3 is 0 Å². The molecule has 3 aliphatic heterocycles. The first-order valence-electron chi connectivity index (χ1n) is 11.8. The zero-order chi connectivity index (χ0) is 21.6. The number of amides is 1. The van der Waals surface area contributed by atoms with Crippen LogP contribution >= 0.6 is 0 Å². The number of hydrogen-bond donors (Lipinski definition) is 1. The van der Waals surface area contributed by atoms with Crippen LogP contribution < -0.4 is 4.90 Å². The topological polar surface area (TPSA) is 76.3 Å². The Morgan fingerprint density at radius 3 is 2.55 bits per heavy atom. The summed E-state index contributed by atoms with van der Waals surface area (Å²) in [6.07, 6.45) is 7.21. The van der Waals surface area contributed by atoms with Gasteiger partial charge in [0.25, 0.3) is 0 Å². The van der Waals surface area contributed by atoms with E-state index in [1.165, 1.54) is 45.6 Å². The molecule has 8 nitrogen and oxygen atoms in total. The van der Waals surface area contributed by atoms with Crippen LogP contribution in [-0.2, 0) is 11.2 Å². The molecule has 1 aromatic heterocycles. The number of anilines is 1. The molecule has 0 aliphatic carbocycles. The second kappa shape index (κ2) is 10.6. The minimum absolute atomic E-state index is 0.00349. The van der Waals surface area contributed by atoms with Crippen LogP contribution in [0, 0.1) is 5.92 Å². The Bertz CT molecular complexity index is 735. The molecule has 8 heteroatoms. The summed E-state index contributed by atoms with van der Waals surface area (Å²) in [4.78, 5) is 21.5. The minimum atomic E-state index is -0.391. The zero-order valence-electron chi connectivity index (χ0n) is 18.8. The van der Waals surface area contributed by atoms with Gasteiger partial charge in [-0.05, 0) is 32.1 Å². The van der Waals surface area contributed by atoms with Gasteiger partial charge in [0, 0.05) is 71.5 Å². The van der Waals surface area contributed by atoms with Gasteiger partial charge in [-0.25, -0.2) is 0 Å². The Labute approximate surface area is 185 Å². The average Bonchev–Trinajstić information content (AvgIpc) is 3.43. The fourth-order valence-corrected chi connectivity index (χ4v) is 4.88. The lowest BCUT2D eigenvalue weighted by atomic mass is 9.96. The van der Waals surface area contributed by atoms with Crippen molar-refractivity contribution in [1.29, 1.82) is 0 Å². The Morgan fingerprint density at radius 1 is 1.13 bits per heavy atom. The number of aromatic nitrogens is 1. The number of carbonyl (C=O) groups excluding carboxylic acids is 1. The van der Waals surface area contributed by atoms with Crippen LogP contribution in [-0.4, -0.2) is 102 Å². The molecule has 1 aromatic rings. The summed E-state index contributed by atoms with van der Waals surface area (Å²) in [7, 11) is 0. The number of β-amino-alcohol motifs (C(OH)–C–C–N with tert-alkyl or cyclic N) is 1. The van der Waals surface area contributed by atoms with E-state index in [0.717, 1.165) is 31.4 Å². The molecule has 0 spiro atoms. The van der Waals surface area contributed by atoms with Gasteiger partial charge in [0.2, 0.25) is 5.91 Å². The third-order valence-electron chi connectivity index (χ3n) is 6.91. The van der Waals surface area contributed by atoms with Crippen LogP contribution in [0.4, 0.5) is 5.82 Å². The quantitative estimate of drug-likeness (QED) is 0.651. The van der Waals surface area contributed by atoms with Crippen molar-refractivity contribution < 1.29 is 14.4 Å². The van der Waals surface area contributed by atoms with Crippen molar-refractivity contribution in [3.63, 3.8) is 0 Å². The van der Waals surface area contributed by atoms with Gasteiger partial charge in [-0.15, -0.1) is 0 Å². The van der Waals surface area contributed by atoms with Crippen molar-refractivity contribution in [3.05, 3.63) is 24.0 Å². The van der Waals surface area contributed by atoms with E-state index in [1.54, 1.807) is 4.90 Å². The van der Waals surface area contributed by atoms with Crippen molar-refractivity contribution in [1.82, 2.24) is 19.9 Å². The molecule has 4 rings (SSSR count). The molecule has 0 saturated carbocycles. The summed E-state index contributed by atoms with van der Waals surface area (Å²) >= 11 is 0. The standard InChI is InChI=1S/C23H37N5O3/c1-2-3-7-25-11-13-26(14-12-25)17-19-4-8-27(9-5-19)22-15-21(31-24-22)16-23(30)28-10-6-20(29)18-28/h2-3,15,19-20,29H,4-14,16-18H2,1H3/b3-2-. The molecule has 3 fully saturated rings. The molecular weight excluding hydrogens is 394 g/mol. The minimum Gasteiger partial charge on any atom is -0.391 e. The van der Waals surface area contributed by atoms with E-state index in [4.69, 9.17) is 4.52 Å². The Balaban J connectivity index is 1.18. The highest BCUT2D eigenvalue weighted by atomic mass is 16.5. The number of aliphatic hydroxyl groups excluding tert-OH is 1. The lowest BCUT2D eigenvalue weighted by molar-refractivity contribution is -0.130. The van der Waals surface area contributed by atoms with Crippen molar-refractivity contribution in [2.75, 3.05) is 70.3 Å². The van der Waals surface area contributed by atoms with E-state index < -0.39 is 6.10 Å². The molecular formula is C23H37N5O3. The average molecular weight is 432 g/mol. The number of aliphatic hydroxyl groups is 1. The fourth-order valence-electron chi connectivity index (χ4n) is 4.88. The molecule has 172 valence electrons. The maximum atomic E-state index is 12.4. The highest BCUT2D eigenvalue weighted by Crippen LogP contribution is 2.24. The molecule has 3 aliphatic rings. The molecule has 0 radical (unpaired) electrons. The van der Waals surface area contributed by atoms with E-state index in [-0.39, 0.29) is 12.3 Å². The van der Waals surface area contributed by atoms with E-state index >= 15 is 0 Å². The number of hydrogen-bond acceptors (Lipinski definition) is 7. The van der Waals surface area contributed by atoms with E-state index in [9.17, 15) is 9.90 Å². The molecule has 0 bridgehead atoms. The highest BCUT2D eigenvalue weighted by molar-refractivity contribution is 5.78. The van der Waals surface area contributed by atoms with Crippen molar-refractivity contribution in [3.8, 4) is 0 Å². The van der Waals surface area contributed by atoms with Crippen LogP contribution in [0.2, 0.25) is 0 Å². The van der Waals surface area contributed by atoms with Crippen molar-refractivity contribution in [2.45, 2.75) is 38.7 Å². The molecule has 0 aromatic carbocycles. The molecule has 31 heavy (non-hydrogen) atoms. The van der Waals surface area contributed by atoms with Gasteiger partial charge in [0.1, 0.15) is 5.76 Å². The fraction of sp³-hybridized carbons (Fsp3) is 0.739. The van der Waals surface area contributed by atoms with Crippen LogP contribution in [0.1, 0.15) is 31.9 Å². The van der Waals surface area contributed by atoms with E-state index in [0.29, 0.717) is 25.3 Å². The Hall–Kier alpha value is -1.90. The first kappa shape index (κ1) is 22.3. The number of rotatable bonds is 7. The van der Waals surface area contributed by atoms with Gasteiger partial charge in [0.15, 0.2) is 5.82 Å². The maximum absolute atomic E-state index is 12.4. The number of allylic oxidation sites excluding steroid dienone is 1. The molecule has 3 saturated heterocycles. The zero-order valence-corrected chi connectivity index (χ0v) is 18.8. The number of likely N-dealkylation sites (tertiary alicyclic amines) is 1. The van der Waals surface area contributed by atoms with Crippen molar-refractivity contribution >= 4 is 11.7 Å². The largest absolute Gasteiger partial charge is 0.391 e. The molecule has 1 amide bonds. The molecule has 4 heterocycles. The number of piperidine rings is 1. The Kier molecular flexibility index (Phi) is 7.63. The Morgan fingerprint density at radius 2 is 1.87 bits per heavy atom. The molecule has 1 unspecified atom stereocenters. The van der Waals surface area contributed by atoms with Gasteiger partial charge in [-0.3, -0.25) is 9.69 Å². The summed E-state index contributed by atoms with van der Waals surface area (Å²) in [5, 5.41) is 13.8.